The highest BCUT2D eigenvalue weighted by Crippen LogP contribution is 2.24. The predicted octanol–water partition coefficient (Wildman–Crippen LogP) is 2.05. The number of benzene rings is 2. The topological polar surface area (TPSA) is 107 Å². The maximum atomic E-state index is 13.5. The average molecular weight is 411 g/mol. The Kier molecular flexibility index (Phi) is 4.90. The Labute approximate surface area is 169 Å². The fourth-order valence-corrected chi connectivity index (χ4v) is 3.50. The molecule has 0 saturated heterocycles. The van der Waals surface area contributed by atoms with Crippen LogP contribution < -0.4 is 17.0 Å². The molecular weight excluding hydrogens is 392 g/mol. The first kappa shape index (κ1) is 19.8. The van der Waals surface area contributed by atoms with E-state index in [1.54, 1.807) is 4.57 Å². The Morgan fingerprint density at radius 2 is 1.80 bits per heavy atom. The largest absolute Gasteiger partial charge is 0.349 e. The van der Waals surface area contributed by atoms with Crippen LogP contribution in [-0.2, 0) is 13.0 Å². The van der Waals surface area contributed by atoms with Gasteiger partial charge in [-0.05, 0) is 61.2 Å². The SMILES string of the molecule is Cc1cc2nc3c(=O)[nH]c(=O)nc-3n(CC(N)Cc3ccc(F)c(F)c3)c2cc1C. The minimum Gasteiger partial charge on any atom is -0.326 e. The van der Waals surface area contributed by atoms with E-state index in [2.05, 4.69) is 15.0 Å². The number of fused-ring (bicyclic) bond motifs is 2. The third kappa shape index (κ3) is 3.59. The van der Waals surface area contributed by atoms with Gasteiger partial charge in [-0.1, -0.05) is 6.07 Å². The number of nitrogens with one attached hydrogen (secondary N) is 1. The molecule has 2 aromatic rings. The highest BCUT2D eigenvalue weighted by atomic mass is 19.2. The summed E-state index contributed by atoms with van der Waals surface area (Å²) in [6.45, 7) is 4.06. The lowest BCUT2D eigenvalue weighted by Crippen LogP contribution is -2.33. The van der Waals surface area contributed by atoms with Crippen LogP contribution in [0.25, 0.3) is 22.6 Å². The Bertz CT molecular complexity index is 1360. The number of hydrogen-bond donors (Lipinski definition) is 2. The summed E-state index contributed by atoms with van der Waals surface area (Å²) in [5.74, 6) is -1.74. The maximum absolute atomic E-state index is 13.5. The van der Waals surface area contributed by atoms with Gasteiger partial charge in [0.15, 0.2) is 23.2 Å². The van der Waals surface area contributed by atoms with Gasteiger partial charge in [0.2, 0.25) is 0 Å². The summed E-state index contributed by atoms with van der Waals surface area (Å²) in [7, 11) is 0. The van der Waals surface area contributed by atoms with Crippen molar-refractivity contribution in [3.05, 3.63) is 79.5 Å². The number of hydrogen-bond acceptors (Lipinski definition) is 5. The normalized spacial score (nSPS) is 12.6. The first-order valence-corrected chi connectivity index (χ1v) is 9.34. The molecule has 4 rings (SSSR count). The molecule has 9 heteroatoms. The molecule has 1 unspecified atom stereocenters. The fourth-order valence-electron chi connectivity index (χ4n) is 3.50. The van der Waals surface area contributed by atoms with Crippen LogP contribution in [0.2, 0.25) is 0 Å². The summed E-state index contributed by atoms with van der Waals surface area (Å²) in [5.41, 5.74) is 8.69. The zero-order chi connectivity index (χ0) is 21.6. The molecule has 0 radical (unpaired) electrons. The molecule has 30 heavy (non-hydrogen) atoms. The molecule has 0 aliphatic carbocycles. The number of aromatic amines is 1. The number of rotatable bonds is 4. The van der Waals surface area contributed by atoms with Crippen LogP contribution in [-0.4, -0.2) is 25.6 Å². The van der Waals surface area contributed by atoms with Crippen molar-refractivity contribution in [1.82, 2.24) is 19.5 Å². The molecule has 0 aromatic heterocycles. The molecule has 0 saturated carbocycles. The Morgan fingerprint density at radius 3 is 2.53 bits per heavy atom. The highest BCUT2D eigenvalue weighted by Gasteiger charge is 2.21. The van der Waals surface area contributed by atoms with Crippen molar-refractivity contribution in [2.75, 3.05) is 0 Å². The second-order valence-electron chi connectivity index (χ2n) is 7.40. The summed E-state index contributed by atoms with van der Waals surface area (Å²) < 4.78 is 28.4. The van der Waals surface area contributed by atoms with Gasteiger partial charge in [0.1, 0.15) is 0 Å². The second-order valence-corrected chi connectivity index (χ2v) is 7.40. The smallest absolute Gasteiger partial charge is 0.326 e. The van der Waals surface area contributed by atoms with Gasteiger partial charge >= 0.3 is 5.69 Å². The average Bonchev–Trinajstić information content (AvgIpc) is 2.67. The monoisotopic (exact) mass is 411 g/mol. The molecule has 0 bridgehead atoms. The minimum absolute atomic E-state index is 0.0328. The Morgan fingerprint density at radius 1 is 1.07 bits per heavy atom. The van der Waals surface area contributed by atoms with E-state index in [1.807, 2.05) is 26.0 Å². The van der Waals surface area contributed by atoms with Crippen molar-refractivity contribution in [3.8, 4) is 11.5 Å². The van der Waals surface area contributed by atoms with E-state index < -0.39 is 28.9 Å². The number of aryl methyl sites for hydroxylation is 2. The van der Waals surface area contributed by atoms with E-state index in [4.69, 9.17) is 5.73 Å². The molecule has 7 nitrogen and oxygen atoms in total. The van der Waals surface area contributed by atoms with Crippen LogP contribution in [0.1, 0.15) is 16.7 Å². The van der Waals surface area contributed by atoms with E-state index in [9.17, 15) is 18.4 Å². The van der Waals surface area contributed by atoms with Gasteiger partial charge < -0.3 is 10.3 Å². The van der Waals surface area contributed by atoms with Gasteiger partial charge in [-0.2, -0.15) is 4.98 Å². The molecule has 154 valence electrons. The van der Waals surface area contributed by atoms with Crippen LogP contribution in [0.15, 0.2) is 39.9 Å². The van der Waals surface area contributed by atoms with Crippen LogP contribution in [0, 0.1) is 25.5 Å². The van der Waals surface area contributed by atoms with Gasteiger partial charge in [0, 0.05) is 12.6 Å². The molecule has 2 heterocycles. The number of H-pyrrole nitrogens is 1. The summed E-state index contributed by atoms with van der Waals surface area (Å²) in [4.78, 5) is 34.6. The zero-order valence-corrected chi connectivity index (χ0v) is 16.4. The number of nitrogens with zero attached hydrogens (tertiary/aromatic N) is 3. The van der Waals surface area contributed by atoms with Crippen molar-refractivity contribution in [2.24, 2.45) is 5.73 Å². The lowest BCUT2D eigenvalue weighted by Gasteiger charge is -2.21. The third-order valence-electron chi connectivity index (χ3n) is 5.12. The molecule has 0 spiro atoms. The van der Waals surface area contributed by atoms with Crippen LogP contribution >= 0.6 is 0 Å². The van der Waals surface area contributed by atoms with Gasteiger partial charge in [0.25, 0.3) is 5.56 Å². The van der Waals surface area contributed by atoms with Gasteiger partial charge in [-0.25, -0.2) is 18.6 Å². The van der Waals surface area contributed by atoms with Crippen molar-refractivity contribution in [1.29, 1.82) is 0 Å². The molecule has 1 atom stereocenters. The summed E-state index contributed by atoms with van der Waals surface area (Å²) in [5, 5.41) is 0. The highest BCUT2D eigenvalue weighted by molar-refractivity contribution is 5.81. The second kappa shape index (κ2) is 7.42. The van der Waals surface area contributed by atoms with E-state index in [0.717, 1.165) is 23.3 Å². The van der Waals surface area contributed by atoms with Gasteiger partial charge in [0.05, 0.1) is 11.0 Å². The zero-order valence-electron chi connectivity index (χ0n) is 16.4. The third-order valence-corrected chi connectivity index (χ3v) is 5.12. The standard InChI is InChI=1S/C21H19F2N5O2/c1-10-5-16-17(6-11(10)2)28(19-18(25-16)20(29)27-21(30)26-19)9-13(24)7-12-3-4-14(22)15(23)8-12/h3-6,8,13H,7,9,24H2,1-2H3,(H,27,29,30). The Balaban J connectivity index is 1.84. The van der Waals surface area contributed by atoms with E-state index >= 15 is 0 Å². The minimum atomic E-state index is -0.942. The first-order valence-electron chi connectivity index (χ1n) is 9.34. The van der Waals surface area contributed by atoms with Crippen LogP contribution in [0.4, 0.5) is 8.78 Å². The quantitative estimate of drug-likeness (QED) is 0.500. The van der Waals surface area contributed by atoms with E-state index in [-0.39, 0.29) is 24.5 Å². The lowest BCUT2D eigenvalue weighted by atomic mass is 10.0. The van der Waals surface area contributed by atoms with Crippen LogP contribution in [0.5, 0.6) is 0 Å². The number of aromatic nitrogens is 4. The van der Waals surface area contributed by atoms with Gasteiger partial charge in [-0.3, -0.25) is 9.78 Å². The number of nitrogens with two attached hydrogens (primary N) is 1. The number of halogens is 2. The first-order chi connectivity index (χ1) is 14.2. The maximum Gasteiger partial charge on any atom is 0.349 e. The molecule has 3 N–H and O–H groups in total. The molecule has 2 aliphatic rings. The van der Waals surface area contributed by atoms with Gasteiger partial charge in [-0.15, -0.1) is 0 Å². The Hall–Kier alpha value is -3.46. The van der Waals surface area contributed by atoms with Crippen molar-refractivity contribution >= 4 is 11.0 Å². The van der Waals surface area contributed by atoms with Crippen LogP contribution in [0.3, 0.4) is 0 Å². The fraction of sp³-hybridized carbons (Fsp3) is 0.238. The molecule has 0 amide bonds. The van der Waals surface area contributed by atoms with Crippen molar-refractivity contribution < 1.29 is 8.78 Å². The predicted molar refractivity (Wildman–Crippen MR) is 109 cm³/mol. The summed E-state index contributed by atoms with van der Waals surface area (Å²) >= 11 is 0. The summed E-state index contributed by atoms with van der Waals surface area (Å²) in [6.07, 6.45) is 0.258. The lowest BCUT2D eigenvalue weighted by molar-refractivity contribution is 0.503. The molecule has 2 aliphatic heterocycles. The molecule has 2 aromatic carbocycles. The van der Waals surface area contributed by atoms with E-state index in [0.29, 0.717) is 16.6 Å². The molecular formula is C21H19F2N5O2. The summed E-state index contributed by atoms with van der Waals surface area (Å²) in [6, 6.07) is 6.86. The van der Waals surface area contributed by atoms with E-state index in [1.165, 1.54) is 6.07 Å². The van der Waals surface area contributed by atoms with Crippen molar-refractivity contribution in [2.45, 2.75) is 32.9 Å². The van der Waals surface area contributed by atoms with Crippen molar-refractivity contribution in [3.63, 3.8) is 0 Å². The molecule has 0 fully saturated rings.